The fourth-order valence-corrected chi connectivity index (χ4v) is 9.52. The molecule has 19 heteroatoms. The molecule has 0 amide bonds. The second kappa shape index (κ2) is 33.9. The van der Waals surface area contributed by atoms with Crippen LogP contribution in [-0.4, -0.2) is 263 Å². The highest BCUT2D eigenvalue weighted by atomic mass is 32.2. The molecule has 8 saturated heterocycles. The monoisotopic (exact) mass is 959 g/mol. The number of likely N-dealkylation sites (tertiary alicyclic amines) is 5. The molecule has 8 fully saturated rings. The summed E-state index contributed by atoms with van der Waals surface area (Å²) >= 11 is 2.06. The summed E-state index contributed by atoms with van der Waals surface area (Å²) in [5, 5.41) is 0. The van der Waals surface area contributed by atoms with E-state index in [-0.39, 0.29) is 46.2 Å². The summed E-state index contributed by atoms with van der Waals surface area (Å²) < 4.78 is 100. The number of rotatable bonds is 0. The van der Waals surface area contributed by atoms with E-state index in [9.17, 15) is 34.8 Å². The molecule has 0 radical (unpaired) electrons. The Kier molecular flexibility index (Phi) is 33.6. The van der Waals surface area contributed by atoms with Crippen LogP contribution in [0.4, 0.5) is 26.3 Å². The van der Waals surface area contributed by atoms with Crippen LogP contribution in [0.2, 0.25) is 0 Å². The van der Waals surface area contributed by atoms with Gasteiger partial charge in [-0.25, -0.2) is 34.8 Å². The lowest BCUT2D eigenvalue weighted by Gasteiger charge is -2.28. The quantitative estimate of drug-likeness (QED) is 0.266. The molecule has 8 heterocycles. The van der Waals surface area contributed by atoms with Crippen molar-refractivity contribution in [1.29, 1.82) is 0 Å². The lowest BCUT2D eigenvalue weighted by atomic mass is 10.1. The molecule has 0 unspecified atom stereocenters. The van der Waals surface area contributed by atoms with Crippen LogP contribution in [0.3, 0.4) is 0 Å². The van der Waals surface area contributed by atoms with Gasteiger partial charge in [-0.1, -0.05) is 13.8 Å². The molecule has 63 heavy (non-hydrogen) atoms. The first-order chi connectivity index (χ1) is 29.0. The fourth-order valence-electron chi connectivity index (χ4n) is 7.05. The SMILES string of the molecule is C.CN1CCC(F)(F)C1.CN1CCC(F)(F)CC1.CN1CCCC(F)(F)C1.CN1CCCC1.CN1CCCCC1.CN1CCOCC1.CN1CCS(=O)(=O)CC1.CN1CCSCC1. The van der Waals surface area contributed by atoms with Gasteiger partial charge in [-0.05, 0) is 121 Å². The van der Waals surface area contributed by atoms with Crippen LogP contribution in [-0.2, 0) is 14.6 Å². The molecule has 380 valence electrons. The maximum absolute atomic E-state index is 12.4. The number of likely N-dealkylation sites (N-methyl/N-ethyl adjacent to an activating group) is 1. The van der Waals surface area contributed by atoms with E-state index in [1.807, 2.05) is 23.9 Å². The number of hydrogen-bond donors (Lipinski definition) is 0. The highest BCUT2D eigenvalue weighted by Gasteiger charge is 2.36. The molecule has 0 saturated carbocycles. The van der Waals surface area contributed by atoms with E-state index >= 15 is 0 Å². The molecule has 0 aromatic carbocycles. The van der Waals surface area contributed by atoms with Gasteiger partial charge in [-0.2, -0.15) is 11.8 Å². The van der Waals surface area contributed by atoms with Crippen molar-refractivity contribution in [2.75, 3.05) is 197 Å². The van der Waals surface area contributed by atoms with Crippen LogP contribution in [0.25, 0.3) is 0 Å². The van der Waals surface area contributed by atoms with E-state index in [0.29, 0.717) is 50.7 Å². The molecule has 8 aliphatic heterocycles. The molecular formula is C44H92F6N8O3S2. The highest BCUT2D eigenvalue weighted by molar-refractivity contribution is 7.99. The zero-order chi connectivity index (χ0) is 46.7. The normalized spacial score (nSPS) is 26.6. The van der Waals surface area contributed by atoms with Gasteiger partial charge in [0.1, 0.15) is 0 Å². The first-order valence-corrected chi connectivity index (χ1v) is 25.9. The minimum Gasteiger partial charge on any atom is -0.379 e. The Morgan fingerprint density at radius 1 is 0.397 bits per heavy atom. The number of nitrogens with zero attached hydrogens (tertiary/aromatic N) is 8. The Balaban J connectivity index is 0.000000698. The van der Waals surface area contributed by atoms with E-state index in [2.05, 4.69) is 59.6 Å². The number of alkyl halides is 6. The molecule has 8 rings (SSSR count). The van der Waals surface area contributed by atoms with Gasteiger partial charge in [0.05, 0.1) is 37.8 Å². The third-order valence-corrected chi connectivity index (χ3v) is 14.2. The largest absolute Gasteiger partial charge is 0.379 e. The van der Waals surface area contributed by atoms with Crippen molar-refractivity contribution in [1.82, 2.24) is 39.2 Å². The first kappa shape index (κ1) is 62.5. The standard InChI is InChI=1S/2C6H11F2N.C6H13N.C5H9F2N.C5H11NO2S.C5H11NO.C5H11NS.C5H11N.CH4/c1-9-4-2-6(7,8)3-5-9;1-9-4-2-3-6(7,8)5-9;1-7-5-3-2-4-6-7;1-8-3-2-5(6,7)4-8;1-6-2-4-9(7,8)5-3-6;2*1-6-2-4-7-5-3-6;1-6-4-2-3-5-6;/h2*2-5H2,1H3;2-6H2,1H3;2-4H2,1H3;2-5H2,1H3;2*2-5H2,1H3;2-5H2,1H3;1H4. The van der Waals surface area contributed by atoms with Crippen LogP contribution >= 0.6 is 11.8 Å². The van der Waals surface area contributed by atoms with Gasteiger partial charge in [0.2, 0.25) is 0 Å². The number of morpholine rings is 1. The van der Waals surface area contributed by atoms with Crippen molar-refractivity contribution in [2.45, 2.75) is 89.4 Å². The molecule has 11 nitrogen and oxygen atoms in total. The molecule has 0 N–H and O–H groups in total. The van der Waals surface area contributed by atoms with Gasteiger partial charge < -0.3 is 43.9 Å². The summed E-state index contributed by atoms with van der Waals surface area (Å²) in [5.41, 5.74) is 0. The number of piperidine rings is 3. The summed E-state index contributed by atoms with van der Waals surface area (Å²) in [5.74, 6) is -3.88. The predicted octanol–water partition coefficient (Wildman–Crippen LogP) is 6.06. The van der Waals surface area contributed by atoms with Crippen molar-refractivity contribution in [3.63, 3.8) is 0 Å². The van der Waals surface area contributed by atoms with E-state index < -0.39 is 27.6 Å². The second-order valence-corrected chi connectivity index (χ2v) is 21.9. The molecular weight excluding hydrogens is 867 g/mol. The van der Waals surface area contributed by atoms with Gasteiger partial charge in [0, 0.05) is 96.1 Å². The Labute approximate surface area is 385 Å². The number of sulfone groups is 1. The van der Waals surface area contributed by atoms with Crippen LogP contribution in [0.15, 0.2) is 0 Å². The zero-order valence-corrected chi connectivity index (χ0v) is 41.6. The van der Waals surface area contributed by atoms with Gasteiger partial charge in [0.25, 0.3) is 17.8 Å². The van der Waals surface area contributed by atoms with Gasteiger partial charge in [0.15, 0.2) is 9.84 Å². The predicted molar refractivity (Wildman–Crippen MR) is 255 cm³/mol. The Morgan fingerprint density at radius 2 is 0.730 bits per heavy atom. The number of halogens is 6. The Morgan fingerprint density at radius 3 is 0.984 bits per heavy atom. The lowest BCUT2D eigenvalue weighted by Crippen LogP contribution is -2.39. The molecule has 0 bridgehead atoms. The second-order valence-electron chi connectivity index (χ2n) is 18.4. The minimum atomic E-state index is -2.66. The topological polar surface area (TPSA) is 69.3 Å². The third-order valence-electron chi connectivity index (χ3n) is 11.6. The van der Waals surface area contributed by atoms with Crippen molar-refractivity contribution >= 4 is 21.6 Å². The lowest BCUT2D eigenvalue weighted by molar-refractivity contribution is -0.0571. The fraction of sp³-hybridized carbons (Fsp3) is 1.00. The van der Waals surface area contributed by atoms with Crippen LogP contribution < -0.4 is 0 Å². The highest BCUT2D eigenvalue weighted by Crippen LogP contribution is 2.27. The van der Waals surface area contributed by atoms with Crippen molar-refractivity contribution in [2.24, 2.45) is 0 Å². The maximum atomic E-state index is 12.4. The molecule has 0 aromatic heterocycles. The molecule has 0 atom stereocenters. The molecule has 0 aliphatic carbocycles. The van der Waals surface area contributed by atoms with E-state index in [0.717, 1.165) is 32.8 Å². The van der Waals surface area contributed by atoms with Gasteiger partial charge in [-0.3, -0.25) is 0 Å². The third kappa shape index (κ3) is 36.3. The average Bonchev–Trinajstić information content (AvgIpc) is 3.82. The molecule has 8 aliphatic rings. The Bertz CT molecular complexity index is 1150. The zero-order valence-electron chi connectivity index (χ0n) is 40.0. The smallest absolute Gasteiger partial charge is 0.261 e. The minimum absolute atomic E-state index is 0. The maximum Gasteiger partial charge on any atom is 0.261 e. The number of hydrogen-bond acceptors (Lipinski definition) is 12. The van der Waals surface area contributed by atoms with E-state index in [4.69, 9.17) is 4.74 Å². The summed E-state index contributed by atoms with van der Waals surface area (Å²) in [6, 6.07) is 0. The van der Waals surface area contributed by atoms with Gasteiger partial charge in [-0.15, -0.1) is 0 Å². The summed E-state index contributed by atoms with van der Waals surface area (Å²) in [6.45, 7) is 15.6. The van der Waals surface area contributed by atoms with Crippen molar-refractivity contribution in [3.05, 3.63) is 0 Å². The van der Waals surface area contributed by atoms with Crippen LogP contribution in [0, 0.1) is 0 Å². The van der Waals surface area contributed by atoms with Crippen LogP contribution in [0.1, 0.15) is 71.6 Å². The number of thioether (sulfide) groups is 1. The van der Waals surface area contributed by atoms with E-state index in [1.165, 1.54) is 82.9 Å². The Hall–Kier alpha value is -0.480. The summed E-state index contributed by atoms with van der Waals surface area (Å²) in [7, 11) is 13.3. The average molecular weight is 959 g/mol. The molecule has 0 spiro atoms. The van der Waals surface area contributed by atoms with Crippen molar-refractivity contribution < 1.29 is 39.5 Å². The first-order valence-electron chi connectivity index (χ1n) is 23.0. The van der Waals surface area contributed by atoms with Gasteiger partial charge >= 0.3 is 0 Å². The van der Waals surface area contributed by atoms with Crippen molar-refractivity contribution in [3.8, 4) is 0 Å². The summed E-state index contributed by atoms with van der Waals surface area (Å²) in [6.07, 6.45) is 7.89. The van der Waals surface area contributed by atoms with E-state index in [1.54, 1.807) is 23.9 Å². The molecule has 0 aromatic rings. The number of ether oxygens (including phenoxy) is 1. The summed E-state index contributed by atoms with van der Waals surface area (Å²) in [4.78, 5) is 16.7. The van der Waals surface area contributed by atoms with Crippen LogP contribution in [0.5, 0.6) is 0 Å².